The van der Waals surface area contributed by atoms with Gasteiger partial charge in [-0.25, -0.2) is 0 Å². The second-order valence-corrected chi connectivity index (χ2v) is 6.77. The molecule has 1 fully saturated rings. The summed E-state index contributed by atoms with van der Waals surface area (Å²) in [6.45, 7) is 4.54. The maximum atomic E-state index is 12.4. The van der Waals surface area contributed by atoms with Crippen LogP contribution in [0.15, 0.2) is 24.3 Å². The van der Waals surface area contributed by atoms with Gasteiger partial charge in [-0.3, -0.25) is 9.59 Å². The lowest BCUT2D eigenvalue weighted by Crippen LogP contribution is -2.55. The van der Waals surface area contributed by atoms with E-state index in [0.29, 0.717) is 19.4 Å². The van der Waals surface area contributed by atoms with Crippen LogP contribution in [0.1, 0.15) is 51.5 Å². The van der Waals surface area contributed by atoms with Crippen LogP contribution in [0.5, 0.6) is 5.75 Å². The van der Waals surface area contributed by atoms with Crippen molar-refractivity contribution in [1.29, 1.82) is 0 Å². The average molecular weight is 333 g/mol. The minimum atomic E-state index is -0.826. The van der Waals surface area contributed by atoms with Crippen LogP contribution in [0.4, 0.5) is 0 Å². The highest BCUT2D eigenvalue weighted by molar-refractivity contribution is 5.81. The smallest absolute Gasteiger partial charge is 0.308 e. The second kappa shape index (κ2) is 8.18. The van der Waals surface area contributed by atoms with Crippen LogP contribution in [-0.4, -0.2) is 29.1 Å². The lowest BCUT2D eigenvalue weighted by molar-refractivity contribution is -0.146. The Labute approximate surface area is 143 Å². The molecule has 1 aliphatic rings. The van der Waals surface area contributed by atoms with Crippen LogP contribution >= 0.6 is 0 Å². The van der Waals surface area contributed by atoms with Crippen LogP contribution in [0.2, 0.25) is 0 Å². The van der Waals surface area contributed by atoms with Gasteiger partial charge in [-0.05, 0) is 43.9 Å². The molecule has 1 saturated carbocycles. The third-order valence-electron chi connectivity index (χ3n) is 4.67. The van der Waals surface area contributed by atoms with E-state index in [1.807, 2.05) is 38.1 Å². The highest BCUT2D eigenvalue weighted by Gasteiger charge is 2.42. The Hall–Kier alpha value is -2.04. The van der Waals surface area contributed by atoms with Gasteiger partial charge in [0.1, 0.15) is 5.75 Å². The lowest BCUT2D eigenvalue weighted by Gasteiger charge is -2.39. The van der Waals surface area contributed by atoms with Crippen molar-refractivity contribution in [2.24, 2.45) is 5.92 Å². The SMILES string of the molecule is CCCOc1cccc(CC(=O)NC2(C)CCCCC2C(=O)O)c1. The summed E-state index contributed by atoms with van der Waals surface area (Å²) in [5.74, 6) is -0.727. The number of nitrogens with one attached hydrogen (secondary N) is 1. The van der Waals surface area contributed by atoms with E-state index in [1.54, 1.807) is 0 Å². The standard InChI is InChI=1S/C19H27NO4/c1-3-11-24-15-8-6-7-14(12-15)13-17(21)20-19(2)10-5-4-9-16(19)18(22)23/h6-8,12,16H,3-5,9-11,13H2,1-2H3,(H,20,21)(H,22,23). The van der Waals surface area contributed by atoms with Gasteiger partial charge >= 0.3 is 5.97 Å². The Morgan fingerprint density at radius 2 is 2.17 bits per heavy atom. The van der Waals surface area contributed by atoms with E-state index in [1.165, 1.54) is 0 Å². The monoisotopic (exact) mass is 333 g/mol. The number of benzene rings is 1. The Morgan fingerprint density at radius 1 is 1.38 bits per heavy atom. The summed E-state index contributed by atoms with van der Waals surface area (Å²) >= 11 is 0. The van der Waals surface area contributed by atoms with Gasteiger partial charge in [0.25, 0.3) is 0 Å². The molecule has 2 atom stereocenters. The molecule has 0 radical (unpaired) electrons. The van der Waals surface area contributed by atoms with Gasteiger partial charge in [0.05, 0.1) is 24.5 Å². The predicted octanol–water partition coefficient (Wildman–Crippen LogP) is 3.17. The van der Waals surface area contributed by atoms with Crippen LogP contribution < -0.4 is 10.1 Å². The number of carbonyl (C=O) groups is 2. The number of ether oxygens (including phenoxy) is 1. The third-order valence-corrected chi connectivity index (χ3v) is 4.67. The average Bonchev–Trinajstić information content (AvgIpc) is 2.52. The molecule has 2 unspecified atom stereocenters. The van der Waals surface area contributed by atoms with Crippen molar-refractivity contribution >= 4 is 11.9 Å². The van der Waals surface area contributed by atoms with Gasteiger partial charge < -0.3 is 15.2 Å². The Kier molecular flexibility index (Phi) is 6.23. The number of carbonyl (C=O) groups excluding carboxylic acids is 1. The fraction of sp³-hybridized carbons (Fsp3) is 0.579. The first-order valence-corrected chi connectivity index (χ1v) is 8.70. The summed E-state index contributed by atoms with van der Waals surface area (Å²) in [6, 6.07) is 7.50. The summed E-state index contributed by atoms with van der Waals surface area (Å²) in [4.78, 5) is 23.9. The van der Waals surface area contributed by atoms with Gasteiger partial charge in [0.15, 0.2) is 0 Å². The van der Waals surface area contributed by atoms with Crippen molar-refractivity contribution in [3.63, 3.8) is 0 Å². The van der Waals surface area contributed by atoms with Crippen LogP contribution in [0.25, 0.3) is 0 Å². The van der Waals surface area contributed by atoms with Crippen molar-refractivity contribution < 1.29 is 19.4 Å². The molecule has 5 heteroatoms. The van der Waals surface area contributed by atoms with Gasteiger partial charge in [0.2, 0.25) is 5.91 Å². The fourth-order valence-electron chi connectivity index (χ4n) is 3.39. The Bertz CT molecular complexity index is 586. The predicted molar refractivity (Wildman–Crippen MR) is 92.1 cm³/mol. The fourth-order valence-corrected chi connectivity index (χ4v) is 3.39. The van der Waals surface area contributed by atoms with E-state index in [2.05, 4.69) is 5.32 Å². The molecule has 0 aromatic heterocycles. The molecular formula is C19H27NO4. The highest BCUT2D eigenvalue weighted by atomic mass is 16.5. The summed E-state index contributed by atoms with van der Waals surface area (Å²) in [7, 11) is 0. The van der Waals surface area contributed by atoms with Gasteiger partial charge in [0, 0.05) is 0 Å². The molecule has 0 heterocycles. The van der Waals surface area contributed by atoms with Crippen LogP contribution in [0, 0.1) is 5.92 Å². The van der Waals surface area contributed by atoms with Crippen molar-refractivity contribution in [2.45, 2.75) is 57.9 Å². The van der Waals surface area contributed by atoms with Crippen molar-refractivity contribution in [3.05, 3.63) is 29.8 Å². The Morgan fingerprint density at radius 3 is 2.88 bits per heavy atom. The van der Waals surface area contributed by atoms with Crippen LogP contribution in [0.3, 0.4) is 0 Å². The number of hydrogen-bond acceptors (Lipinski definition) is 3. The normalized spacial score (nSPS) is 23.5. The molecular weight excluding hydrogens is 306 g/mol. The number of carboxylic acid groups (broad SMARTS) is 1. The zero-order valence-electron chi connectivity index (χ0n) is 14.5. The molecule has 24 heavy (non-hydrogen) atoms. The number of rotatable bonds is 7. The largest absolute Gasteiger partial charge is 0.494 e. The van der Waals surface area contributed by atoms with E-state index in [-0.39, 0.29) is 12.3 Å². The van der Waals surface area contributed by atoms with Crippen LogP contribution in [-0.2, 0) is 16.0 Å². The quantitative estimate of drug-likeness (QED) is 0.803. The first kappa shape index (κ1) is 18.3. The second-order valence-electron chi connectivity index (χ2n) is 6.77. The van der Waals surface area contributed by atoms with E-state index >= 15 is 0 Å². The lowest BCUT2D eigenvalue weighted by atomic mass is 9.74. The number of amides is 1. The summed E-state index contributed by atoms with van der Waals surface area (Å²) in [5.41, 5.74) is 0.199. The molecule has 5 nitrogen and oxygen atoms in total. The molecule has 0 bridgehead atoms. The molecule has 2 rings (SSSR count). The Balaban J connectivity index is 2.00. The molecule has 1 amide bonds. The molecule has 0 aliphatic heterocycles. The molecule has 2 N–H and O–H groups in total. The molecule has 0 spiro atoms. The van der Waals surface area contributed by atoms with E-state index < -0.39 is 17.4 Å². The number of hydrogen-bond donors (Lipinski definition) is 2. The molecule has 132 valence electrons. The van der Waals surface area contributed by atoms with Crippen molar-refractivity contribution in [1.82, 2.24) is 5.32 Å². The highest BCUT2D eigenvalue weighted by Crippen LogP contribution is 2.34. The van der Waals surface area contributed by atoms with Gasteiger partial charge in [-0.15, -0.1) is 0 Å². The molecule has 1 aromatic rings. The maximum absolute atomic E-state index is 12.4. The van der Waals surface area contributed by atoms with E-state index in [0.717, 1.165) is 30.6 Å². The maximum Gasteiger partial charge on any atom is 0.308 e. The summed E-state index contributed by atoms with van der Waals surface area (Å²) < 4.78 is 5.59. The zero-order valence-corrected chi connectivity index (χ0v) is 14.5. The number of carboxylic acids is 1. The minimum Gasteiger partial charge on any atom is -0.494 e. The van der Waals surface area contributed by atoms with Crippen molar-refractivity contribution in [2.75, 3.05) is 6.61 Å². The number of aliphatic carboxylic acids is 1. The molecule has 1 aliphatic carbocycles. The molecule has 0 saturated heterocycles. The third kappa shape index (κ3) is 4.73. The van der Waals surface area contributed by atoms with Gasteiger partial charge in [-0.2, -0.15) is 0 Å². The minimum absolute atomic E-state index is 0.140. The zero-order chi connectivity index (χ0) is 17.6. The van der Waals surface area contributed by atoms with E-state index in [4.69, 9.17) is 4.74 Å². The first-order valence-electron chi connectivity index (χ1n) is 8.70. The summed E-state index contributed by atoms with van der Waals surface area (Å²) in [5, 5.41) is 12.4. The van der Waals surface area contributed by atoms with Gasteiger partial charge in [-0.1, -0.05) is 31.9 Å². The molecule has 1 aromatic carbocycles. The first-order chi connectivity index (χ1) is 11.4. The van der Waals surface area contributed by atoms with E-state index in [9.17, 15) is 14.7 Å². The van der Waals surface area contributed by atoms with Crippen molar-refractivity contribution in [3.8, 4) is 5.75 Å². The topological polar surface area (TPSA) is 75.6 Å². The summed E-state index contributed by atoms with van der Waals surface area (Å²) in [6.07, 6.45) is 4.33.